The molecule has 2 aromatic carbocycles. The Labute approximate surface area is 122 Å². The van der Waals surface area contributed by atoms with Gasteiger partial charge in [-0.15, -0.1) is 11.8 Å². The number of hydrogen-bond acceptors (Lipinski definition) is 3. The summed E-state index contributed by atoms with van der Waals surface area (Å²) in [5.41, 5.74) is -0.143. The fraction of sp³-hybridized carbons (Fsp3) is 0.0769. The lowest BCUT2D eigenvalue weighted by Crippen LogP contribution is -1.96. The number of rotatable bonds is 4. The van der Waals surface area contributed by atoms with Gasteiger partial charge in [0.25, 0.3) is 0 Å². The highest BCUT2D eigenvalue weighted by atomic mass is 79.9. The van der Waals surface area contributed by atoms with Crippen LogP contribution < -0.4 is 0 Å². The van der Waals surface area contributed by atoms with Crippen LogP contribution in [-0.4, -0.2) is 4.92 Å². The highest BCUT2D eigenvalue weighted by Gasteiger charge is 2.16. The fourth-order valence-corrected chi connectivity index (χ4v) is 2.65. The van der Waals surface area contributed by atoms with Crippen molar-refractivity contribution in [3.63, 3.8) is 0 Å². The number of thioether (sulfide) groups is 1. The molecule has 0 heterocycles. The monoisotopic (exact) mass is 341 g/mol. The van der Waals surface area contributed by atoms with Crippen LogP contribution in [-0.2, 0) is 5.75 Å². The van der Waals surface area contributed by atoms with Crippen LogP contribution >= 0.6 is 27.7 Å². The molecule has 0 aromatic heterocycles. The fourth-order valence-electron chi connectivity index (χ4n) is 1.51. The Bertz CT molecular complexity index is 604. The van der Waals surface area contributed by atoms with Crippen molar-refractivity contribution >= 4 is 33.4 Å². The topological polar surface area (TPSA) is 43.1 Å². The van der Waals surface area contributed by atoms with Crippen LogP contribution in [0, 0.1) is 15.9 Å². The third-order valence-corrected chi connectivity index (χ3v) is 4.05. The quantitative estimate of drug-likeness (QED) is 0.456. The van der Waals surface area contributed by atoms with Crippen molar-refractivity contribution in [3.05, 3.63) is 68.4 Å². The summed E-state index contributed by atoms with van der Waals surface area (Å²) in [4.78, 5) is 10.9. The molecule has 0 N–H and O–H groups in total. The molecule has 2 rings (SSSR count). The van der Waals surface area contributed by atoms with Gasteiger partial charge in [0.15, 0.2) is 0 Å². The summed E-state index contributed by atoms with van der Waals surface area (Å²) in [6, 6.07) is 11.8. The Morgan fingerprint density at radius 1 is 1.21 bits per heavy atom. The second kappa shape index (κ2) is 6.16. The van der Waals surface area contributed by atoms with Gasteiger partial charge < -0.3 is 0 Å². The van der Waals surface area contributed by atoms with Crippen LogP contribution in [0.4, 0.5) is 10.1 Å². The molecule has 3 nitrogen and oxygen atoms in total. The zero-order valence-electron chi connectivity index (χ0n) is 9.68. The Hall–Kier alpha value is -1.40. The molecule has 0 spiro atoms. The zero-order chi connectivity index (χ0) is 13.8. The van der Waals surface area contributed by atoms with Crippen molar-refractivity contribution in [2.75, 3.05) is 0 Å². The number of halogens is 2. The number of nitrogens with zero attached hydrogens (tertiary/aromatic N) is 1. The lowest BCUT2D eigenvalue weighted by Gasteiger charge is -2.04. The molecule has 0 radical (unpaired) electrons. The van der Waals surface area contributed by atoms with E-state index in [1.807, 2.05) is 24.3 Å². The molecular formula is C13H9BrFNO2S. The summed E-state index contributed by atoms with van der Waals surface area (Å²) >= 11 is 4.77. The van der Waals surface area contributed by atoms with Crippen LogP contribution in [0.15, 0.2) is 51.8 Å². The molecule has 0 bridgehead atoms. The van der Waals surface area contributed by atoms with Gasteiger partial charge in [-0.1, -0.05) is 28.1 Å². The van der Waals surface area contributed by atoms with Gasteiger partial charge in [-0.25, -0.2) is 0 Å². The minimum absolute atomic E-state index is 0.335. The summed E-state index contributed by atoms with van der Waals surface area (Å²) in [5.74, 6) is -0.396. The number of benzene rings is 2. The molecule has 2 aromatic rings. The average Bonchev–Trinajstić information content (AvgIpc) is 2.39. The number of nitro benzene ring substituents is 1. The maximum Gasteiger partial charge on any atom is 0.305 e. The van der Waals surface area contributed by atoms with E-state index in [1.54, 1.807) is 6.07 Å². The normalized spacial score (nSPS) is 10.4. The van der Waals surface area contributed by atoms with Gasteiger partial charge in [-0.05, 0) is 24.3 Å². The Morgan fingerprint density at radius 3 is 2.53 bits per heavy atom. The van der Waals surface area contributed by atoms with Crippen molar-refractivity contribution in [1.82, 2.24) is 0 Å². The molecule has 19 heavy (non-hydrogen) atoms. The van der Waals surface area contributed by atoms with E-state index >= 15 is 0 Å². The highest BCUT2D eigenvalue weighted by Crippen LogP contribution is 2.28. The first-order valence-electron chi connectivity index (χ1n) is 5.38. The van der Waals surface area contributed by atoms with E-state index in [-0.39, 0.29) is 0 Å². The summed E-state index contributed by atoms with van der Waals surface area (Å²) in [6.45, 7) is 0. The molecule has 0 aliphatic rings. The minimum Gasteiger partial charge on any atom is -0.258 e. The largest absolute Gasteiger partial charge is 0.305 e. The van der Waals surface area contributed by atoms with Gasteiger partial charge >= 0.3 is 5.69 Å². The SMILES string of the molecule is O=[N+]([O-])c1cccc(CSc2ccc(Br)cc2)c1F. The van der Waals surface area contributed by atoms with E-state index < -0.39 is 16.4 Å². The van der Waals surface area contributed by atoms with Gasteiger partial charge in [0.05, 0.1) is 4.92 Å². The summed E-state index contributed by atoms with van der Waals surface area (Å²) in [6.07, 6.45) is 0. The molecule has 98 valence electrons. The van der Waals surface area contributed by atoms with Crippen LogP contribution in [0.5, 0.6) is 0 Å². The van der Waals surface area contributed by atoms with Crippen molar-refractivity contribution in [2.45, 2.75) is 10.6 Å². The minimum atomic E-state index is -0.753. The van der Waals surface area contributed by atoms with Gasteiger partial charge in [0.2, 0.25) is 5.82 Å². The Balaban J connectivity index is 2.13. The molecule has 0 aliphatic carbocycles. The molecule has 0 amide bonds. The van der Waals surface area contributed by atoms with Crippen LogP contribution in [0.25, 0.3) is 0 Å². The van der Waals surface area contributed by atoms with Crippen molar-refractivity contribution in [1.29, 1.82) is 0 Å². The standard InChI is InChI=1S/C13H9BrFNO2S/c14-10-4-6-11(7-5-10)19-8-9-2-1-3-12(13(9)15)16(17)18/h1-7H,8H2. The van der Waals surface area contributed by atoms with E-state index in [0.29, 0.717) is 11.3 Å². The maximum atomic E-state index is 13.8. The second-order valence-corrected chi connectivity index (χ2v) is 5.71. The van der Waals surface area contributed by atoms with Gasteiger partial charge in [0.1, 0.15) is 0 Å². The van der Waals surface area contributed by atoms with E-state index in [4.69, 9.17) is 0 Å². The third-order valence-electron chi connectivity index (χ3n) is 2.46. The third kappa shape index (κ3) is 3.54. The number of nitro groups is 1. The average molecular weight is 342 g/mol. The predicted octanol–water partition coefficient (Wildman–Crippen LogP) is 4.79. The molecule has 0 saturated carbocycles. The van der Waals surface area contributed by atoms with Crippen molar-refractivity contribution in [3.8, 4) is 0 Å². The van der Waals surface area contributed by atoms with Gasteiger partial charge in [-0.2, -0.15) is 4.39 Å². The molecule has 0 unspecified atom stereocenters. The lowest BCUT2D eigenvalue weighted by molar-refractivity contribution is -0.387. The first-order chi connectivity index (χ1) is 9.08. The van der Waals surface area contributed by atoms with Gasteiger partial charge in [0, 0.05) is 26.8 Å². The molecule has 0 aliphatic heterocycles. The Kier molecular flexibility index (Phi) is 4.55. The van der Waals surface area contributed by atoms with E-state index in [1.165, 1.54) is 23.9 Å². The van der Waals surface area contributed by atoms with Crippen molar-refractivity contribution in [2.24, 2.45) is 0 Å². The second-order valence-electron chi connectivity index (χ2n) is 3.75. The van der Waals surface area contributed by atoms with Crippen LogP contribution in [0.2, 0.25) is 0 Å². The molecular weight excluding hydrogens is 333 g/mol. The van der Waals surface area contributed by atoms with Crippen LogP contribution in [0.3, 0.4) is 0 Å². The summed E-state index contributed by atoms with van der Waals surface area (Å²) in [7, 11) is 0. The number of hydrogen-bond donors (Lipinski definition) is 0. The zero-order valence-corrected chi connectivity index (χ0v) is 12.1. The molecule has 0 saturated heterocycles. The van der Waals surface area contributed by atoms with Crippen LogP contribution in [0.1, 0.15) is 5.56 Å². The highest BCUT2D eigenvalue weighted by molar-refractivity contribution is 9.10. The Morgan fingerprint density at radius 2 is 1.89 bits per heavy atom. The molecule has 0 fully saturated rings. The molecule has 6 heteroatoms. The summed E-state index contributed by atoms with van der Waals surface area (Å²) in [5, 5.41) is 10.6. The van der Waals surface area contributed by atoms with Gasteiger partial charge in [-0.3, -0.25) is 10.1 Å². The summed E-state index contributed by atoms with van der Waals surface area (Å²) < 4.78 is 14.8. The van der Waals surface area contributed by atoms with E-state index in [9.17, 15) is 14.5 Å². The lowest BCUT2D eigenvalue weighted by atomic mass is 10.2. The smallest absolute Gasteiger partial charge is 0.258 e. The van der Waals surface area contributed by atoms with E-state index in [0.717, 1.165) is 9.37 Å². The first-order valence-corrected chi connectivity index (χ1v) is 7.16. The predicted molar refractivity (Wildman–Crippen MR) is 76.8 cm³/mol. The molecule has 0 atom stereocenters. The maximum absolute atomic E-state index is 13.8. The van der Waals surface area contributed by atoms with Crippen molar-refractivity contribution < 1.29 is 9.31 Å². The first kappa shape index (κ1) is 14.0. The van der Waals surface area contributed by atoms with E-state index in [2.05, 4.69) is 15.9 Å².